The molecule has 2 aliphatic heterocycles. The number of carbonyl (C=O) groups is 2. The zero-order chi connectivity index (χ0) is 16.5. The van der Waals surface area contributed by atoms with Crippen LogP contribution in [0.5, 0.6) is 0 Å². The van der Waals surface area contributed by atoms with E-state index in [4.69, 9.17) is 0 Å². The molecule has 3 aliphatic rings. The number of rotatable bonds is 5. The van der Waals surface area contributed by atoms with Gasteiger partial charge in [-0.25, -0.2) is 4.98 Å². The molecule has 2 amide bonds. The molecule has 0 radical (unpaired) electrons. The SMILES string of the molecule is O=C(NCC1CC(=O)N(C2CC2)C1)c1csc(N2CCCCC2)n1. The summed E-state index contributed by atoms with van der Waals surface area (Å²) in [4.78, 5) is 33.0. The van der Waals surface area contributed by atoms with Crippen molar-refractivity contribution in [1.29, 1.82) is 0 Å². The monoisotopic (exact) mass is 348 g/mol. The van der Waals surface area contributed by atoms with Gasteiger partial charge < -0.3 is 15.1 Å². The first-order valence-corrected chi connectivity index (χ1v) is 9.87. The minimum absolute atomic E-state index is 0.119. The number of carbonyl (C=O) groups excluding carboxylic acids is 2. The molecule has 7 heteroatoms. The zero-order valence-electron chi connectivity index (χ0n) is 13.9. The van der Waals surface area contributed by atoms with Crippen molar-refractivity contribution in [2.45, 2.75) is 44.6 Å². The molecule has 3 fully saturated rings. The highest BCUT2D eigenvalue weighted by atomic mass is 32.1. The molecular formula is C17H24N4O2S. The molecule has 6 nitrogen and oxygen atoms in total. The van der Waals surface area contributed by atoms with E-state index in [2.05, 4.69) is 15.2 Å². The molecule has 1 aliphatic carbocycles. The molecule has 1 aromatic rings. The lowest BCUT2D eigenvalue weighted by molar-refractivity contribution is -0.128. The average Bonchev–Trinajstić information content (AvgIpc) is 3.19. The van der Waals surface area contributed by atoms with Crippen molar-refractivity contribution < 1.29 is 9.59 Å². The van der Waals surface area contributed by atoms with Crippen LogP contribution in [0.15, 0.2) is 5.38 Å². The number of aromatic nitrogens is 1. The van der Waals surface area contributed by atoms with Crippen LogP contribution in [0.4, 0.5) is 5.13 Å². The standard InChI is InChI=1S/C17H24N4O2S/c22-15-8-12(10-21(15)13-4-5-13)9-18-16(23)14-11-24-17(19-14)20-6-2-1-3-7-20/h11-13H,1-10H2,(H,18,23). The van der Waals surface area contributed by atoms with Gasteiger partial charge in [0.15, 0.2) is 5.13 Å². The van der Waals surface area contributed by atoms with Crippen LogP contribution in [0.2, 0.25) is 0 Å². The summed E-state index contributed by atoms with van der Waals surface area (Å²) in [6.45, 7) is 3.43. The summed E-state index contributed by atoms with van der Waals surface area (Å²) in [5.41, 5.74) is 0.504. The van der Waals surface area contributed by atoms with Gasteiger partial charge in [-0.1, -0.05) is 0 Å². The first kappa shape index (κ1) is 15.9. The highest BCUT2D eigenvalue weighted by molar-refractivity contribution is 7.13. The van der Waals surface area contributed by atoms with Gasteiger partial charge in [0.2, 0.25) is 5.91 Å². The summed E-state index contributed by atoms with van der Waals surface area (Å²) in [6.07, 6.45) is 6.54. The third-order valence-corrected chi connectivity index (χ3v) is 6.03. The van der Waals surface area contributed by atoms with E-state index >= 15 is 0 Å². The Morgan fingerprint density at radius 3 is 2.83 bits per heavy atom. The van der Waals surface area contributed by atoms with Gasteiger partial charge in [0, 0.05) is 49.9 Å². The second-order valence-electron chi connectivity index (χ2n) is 7.12. The Morgan fingerprint density at radius 1 is 1.29 bits per heavy atom. The molecule has 24 heavy (non-hydrogen) atoms. The fourth-order valence-electron chi connectivity index (χ4n) is 3.61. The Labute approximate surface area is 146 Å². The van der Waals surface area contributed by atoms with Crippen LogP contribution in [-0.2, 0) is 4.79 Å². The Bertz CT molecular complexity index is 622. The molecule has 0 bridgehead atoms. The summed E-state index contributed by atoms with van der Waals surface area (Å²) < 4.78 is 0. The maximum atomic E-state index is 12.3. The number of nitrogens with one attached hydrogen (secondary N) is 1. The lowest BCUT2D eigenvalue weighted by Gasteiger charge is -2.25. The number of likely N-dealkylation sites (tertiary alicyclic amines) is 1. The van der Waals surface area contributed by atoms with Crippen LogP contribution < -0.4 is 10.2 Å². The van der Waals surface area contributed by atoms with E-state index in [9.17, 15) is 9.59 Å². The minimum Gasteiger partial charge on any atom is -0.350 e. The van der Waals surface area contributed by atoms with Crippen molar-refractivity contribution >= 4 is 28.3 Å². The van der Waals surface area contributed by atoms with Crippen molar-refractivity contribution in [3.8, 4) is 0 Å². The zero-order valence-corrected chi connectivity index (χ0v) is 14.7. The second-order valence-corrected chi connectivity index (χ2v) is 7.96. The molecule has 130 valence electrons. The number of anilines is 1. The Morgan fingerprint density at radius 2 is 2.08 bits per heavy atom. The maximum absolute atomic E-state index is 12.3. The smallest absolute Gasteiger partial charge is 0.270 e. The van der Waals surface area contributed by atoms with E-state index in [0.29, 0.717) is 24.7 Å². The van der Waals surface area contributed by atoms with Gasteiger partial charge in [-0.2, -0.15) is 0 Å². The van der Waals surface area contributed by atoms with Crippen molar-refractivity contribution in [1.82, 2.24) is 15.2 Å². The van der Waals surface area contributed by atoms with Crippen LogP contribution in [0.3, 0.4) is 0 Å². The van der Waals surface area contributed by atoms with Crippen molar-refractivity contribution in [3.63, 3.8) is 0 Å². The predicted octanol–water partition coefficient (Wildman–Crippen LogP) is 1.87. The summed E-state index contributed by atoms with van der Waals surface area (Å²) in [5.74, 6) is 0.367. The van der Waals surface area contributed by atoms with Crippen LogP contribution in [-0.4, -0.2) is 53.9 Å². The Balaban J connectivity index is 1.28. The molecule has 1 atom stereocenters. The topological polar surface area (TPSA) is 65.5 Å². The fourth-order valence-corrected chi connectivity index (χ4v) is 4.47. The van der Waals surface area contributed by atoms with Gasteiger partial charge in [-0.3, -0.25) is 9.59 Å². The van der Waals surface area contributed by atoms with Gasteiger partial charge in [-0.05, 0) is 32.1 Å². The summed E-state index contributed by atoms with van der Waals surface area (Å²) >= 11 is 1.55. The molecule has 1 aromatic heterocycles. The lowest BCUT2D eigenvalue weighted by Crippen LogP contribution is -2.32. The number of thiazole rings is 1. The molecule has 0 spiro atoms. The first-order chi connectivity index (χ1) is 11.7. The van der Waals surface area contributed by atoms with Crippen LogP contribution in [0.1, 0.15) is 49.0 Å². The highest BCUT2D eigenvalue weighted by Crippen LogP contribution is 2.32. The lowest BCUT2D eigenvalue weighted by atomic mass is 10.1. The largest absolute Gasteiger partial charge is 0.350 e. The highest BCUT2D eigenvalue weighted by Gasteiger charge is 2.39. The quantitative estimate of drug-likeness (QED) is 0.882. The molecule has 1 saturated carbocycles. The van der Waals surface area contributed by atoms with Crippen molar-refractivity contribution in [2.75, 3.05) is 31.1 Å². The Kier molecular flexibility index (Phi) is 4.43. The van der Waals surface area contributed by atoms with Crippen LogP contribution in [0, 0.1) is 5.92 Å². The predicted molar refractivity (Wildman–Crippen MR) is 93.4 cm³/mol. The van der Waals surface area contributed by atoms with E-state index < -0.39 is 0 Å². The van der Waals surface area contributed by atoms with E-state index in [1.54, 1.807) is 11.3 Å². The van der Waals surface area contributed by atoms with Crippen molar-refractivity contribution in [3.05, 3.63) is 11.1 Å². The third kappa shape index (κ3) is 3.41. The molecule has 3 heterocycles. The van der Waals surface area contributed by atoms with Gasteiger partial charge in [0.05, 0.1) is 0 Å². The number of piperidine rings is 1. The number of amides is 2. The van der Waals surface area contributed by atoms with E-state index in [1.165, 1.54) is 19.3 Å². The van der Waals surface area contributed by atoms with E-state index in [-0.39, 0.29) is 17.7 Å². The maximum Gasteiger partial charge on any atom is 0.270 e. The second kappa shape index (κ2) is 6.70. The van der Waals surface area contributed by atoms with Crippen LogP contribution >= 0.6 is 11.3 Å². The molecular weight excluding hydrogens is 324 g/mol. The molecule has 0 aromatic carbocycles. The number of nitrogens with zero attached hydrogens (tertiary/aromatic N) is 3. The molecule has 1 unspecified atom stereocenters. The average molecular weight is 348 g/mol. The van der Waals surface area contributed by atoms with Crippen LogP contribution in [0.25, 0.3) is 0 Å². The Hall–Kier alpha value is -1.63. The third-order valence-electron chi connectivity index (χ3n) is 5.13. The van der Waals surface area contributed by atoms with E-state index in [1.807, 2.05) is 10.3 Å². The normalized spacial score (nSPS) is 24.5. The summed E-state index contributed by atoms with van der Waals surface area (Å²) in [6, 6.07) is 0.476. The fraction of sp³-hybridized carbons (Fsp3) is 0.706. The molecule has 4 rings (SSSR count). The molecule has 1 N–H and O–H groups in total. The van der Waals surface area contributed by atoms with Gasteiger partial charge >= 0.3 is 0 Å². The van der Waals surface area contributed by atoms with Gasteiger partial charge in [0.25, 0.3) is 5.91 Å². The first-order valence-electron chi connectivity index (χ1n) is 8.99. The van der Waals surface area contributed by atoms with Crippen molar-refractivity contribution in [2.24, 2.45) is 5.92 Å². The number of hydrogen-bond donors (Lipinski definition) is 1. The minimum atomic E-state index is -0.119. The number of hydrogen-bond acceptors (Lipinski definition) is 5. The van der Waals surface area contributed by atoms with E-state index in [0.717, 1.165) is 37.6 Å². The molecule has 2 saturated heterocycles. The van der Waals surface area contributed by atoms with Gasteiger partial charge in [-0.15, -0.1) is 11.3 Å². The van der Waals surface area contributed by atoms with Gasteiger partial charge in [0.1, 0.15) is 5.69 Å². The summed E-state index contributed by atoms with van der Waals surface area (Å²) in [5, 5.41) is 5.76. The summed E-state index contributed by atoms with van der Waals surface area (Å²) in [7, 11) is 0.